The summed E-state index contributed by atoms with van der Waals surface area (Å²) in [5, 5.41) is 1.64. The number of rotatable bonds is 5. The molecule has 0 aliphatic heterocycles. The van der Waals surface area contributed by atoms with Crippen molar-refractivity contribution in [3.8, 4) is 0 Å². The lowest BCUT2D eigenvalue weighted by atomic mass is 10.2. The van der Waals surface area contributed by atoms with Gasteiger partial charge in [0.05, 0.1) is 8.80 Å². The maximum Gasteiger partial charge on any atom is 0.0790 e. The highest BCUT2D eigenvalue weighted by atomic mass is 28.3. The van der Waals surface area contributed by atoms with Gasteiger partial charge in [-0.1, -0.05) is 95.2 Å². The summed E-state index contributed by atoms with van der Waals surface area (Å²) >= 11 is 0. The molecule has 0 spiro atoms. The summed E-state index contributed by atoms with van der Waals surface area (Å²) in [6.07, 6.45) is 8.22. The van der Waals surface area contributed by atoms with E-state index in [1.165, 1.54) is 23.2 Å². The first-order chi connectivity index (χ1) is 9.92. The van der Waals surface area contributed by atoms with Crippen molar-refractivity contribution >= 4 is 8.80 Å². The molecule has 0 fully saturated rings. The summed E-state index contributed by atoms with van der Waals surface area (Å²) in [7, 11) is -0.965. The Labute approximate surface area is 123 Å². The lowest BCUT2D eigenvalue weighted by Gasteiger charge is -2.16. The molecule has 3 rings (SSSR count). The van der Waals surface area contributed by atoms with Gasteiger partial charge in [-0.15, -0.1) is 0 Å². The van der Waals surface area contributed by atoms with E-state index in [1.807, 2.05) is 0 Å². The second-order valence-corrected chi connectivity index (χ2v) is 8.30. The number of benzene rings is 2. The van der Waals surface area contributed by atoms with Crippen molar-refractivity contribution in [2.45, 2.75) is 18.5 Å². The Morgan fingerprint density at radius 2 is 1.30 bits per heavy atom. The first kappa shape index (κ1) is 13.1. The molecule has 0 bridgehead atoms. The Bertz CT molecular complexity index is 555. The third-order valence-corrected chi connectivity index (χ3v) is 7.22. The Kier molecular flexibility index (Phi) is 4.29. The predicted octanol–water partition coefficient (Wildman–Crippen LogP) is 4.20. The lowest BCUT2D eigenvalue weighted by molar-refractivity contribution is 1.26. The molecule has 0 unspecified atom stereocenters. The van der Waals surface area contributed by atoms with E-state index in [9.17, 15) is 0 Å². The van der Waals surface area contributed by atoms with Crippen LogP contribution in [0.15, 0.2) is 84.1 Å². The van der Waals surface area contributed by atoms with Crippen molar-refractivity contribution < 1.29 is 0 Å². The summed E-state index contributed by atoms with van der Waals surface area (Å²) in [5.74, 6) is 0. The van der Waals surface area contributed by atoms with Crippen LogP contribution in [0.25, 0.3) is 0 Å². The van der Waals surface area contributed by atoms with Crippen LogP contribution in [0.4, 0.5) is 0 Å². The van der Waals surface area contributed by atoms with Crippen LogP contribution in [0.3, 0.4) is 0 Å². The highest BCUT2D eigenvalue weighted by Gasteiger charge is 2.17. The second-order valence-electron chi connectivity index (χ2n) is 5.42. The Hall–Kier alpha value is -1.86. The molecule has 1 aliphatic carbocycles. The van der Waals surface area contributed by atoms with Gasteiger partial charge in [0.15, 0.2) is 0 Å². The van der Waals surface area contributed by atoms with Gasteiger partial charge in [-0.2, -0.15) is 0 Å². The van der Waals surface area contributed by atoms with Crippen LogP contribution in [-0.4, -0.2) is 8.80 Å². The highest BCUT2D eigenvalue weighted by Crippen LogP contribution is 2.19. The van der Waals surface area contributed by atoms with E-state index in [-0.39, 0.29) is 0 Å². The average molecular weight is 276 g/mol. The van der Waals surface area contributed by atoms with Crippen molar-refractivity contribution in [1.29, 1.82) is 0 Å². The molecule has 2 aromatic carbocycles. The highest BCUT2D eigenvalue weighted by molar-refractivity contribution is 6.66. The molecule has 0 nitrogen and oxygen atoms in total. The van der Waals surface area contributed by atoms with Crippen LogP contribution in [0.5, 0.6) is 0 Å². The van der Waals surface area contributed by atoms with Crippen molar-refractivity contribution in [2.24, 2.45) is 0 Å². The normalized spacial score (nSPS) is 13.8. The molecule has 100 valence electrons. The fourth-order valence-corrected chi connectivity index (χ4v) is 6.06. The van der Waals surface area contributed by atoms with Gasteiger partial charge in [-0.3, -0.25) is 0 Å². The third kappa shape index (κ3) is 3.37. The Morgan fingerprint density at radius 1 is 0.750 bits per heavy atom. The van der Waals surface area contributed by atoms with Crippen LogP contribution >= 0.6 is 0 Å². The van der Waals surface area contributed by atoms with Gasteiger partial charge < -0.3 is 0 Å². The summed E-state index contributed by atoms with van der Waals surface area (Å²) in [4.78, 5) is 0. The largest absolute Gasteiger partial charge is 0.0818 e. The van der Waals surface area contributed by atoms with Gasteiger partial charge >= 0.3 is 0 Å². The molecule has 0 saturated carbocycles. The molecule has 0 atom stereocenters. The minimum Gasteiger partial charge on any atom is -0.0818 e. The summed E-state index contributed by atoms with van der Waals surface area (Å²) in [5.41, 5.74) is 2.97. The van der Waals surface area contributed by atoms with E-state index in [0.717, 1.165) is 6.42 Å². The van der Waals surface area contributed by atoms with Gasteiger partial charge in [0.2, 0.25) is 0 Å². The van der Waals surface area contributed by atoms with Gasteiger partial charge in [-0.25, -0.2) is 0 Å². The molecule has 0 aromatic heterocycles. The van der Waals surface area contributed by atoms with E-state index < -0.39 is 8.80 Å². The van der Waals surface area contributed by atoms with Crippen LogP contribution in [0.2, 0.25) is 0 Å². The maximum absolute atomic E-state index is 2.43. The molecule has 0 amide bonds. The first-order valence-electron chi connectivity index (χ1n) is 7.36. The van der Waals surface area contributed by atoms with Crippen molar-refractivity contribution in [3.63, 3.8) is 0 Å². The molecule has 20 heavy (non-hydrogen) atoms. The summed E-state index contributed by atoms with van der Waals surface area (Å²) in [6, 6.07) is 24.4. The van der Waals surface area contributed by atoms with Crippen molar-refractivity contribution in [2.75, 3.05) is 0 Å². The second kappa shape index (κ2) is 6.53. The average Bonchev–Trinajstić information content (AvgIpc) is 3.03. The van der Waals surface area contributed by atoms with Crippen LogP contribution in [0, 0.1) is 0 Å². The van der Waals surface area contributed by atoms with Crippen molar-refractivity contribution in [3.05, 3.63) is 95.2 Å². The minimum atomic E-state index is -0.965. The maximum atomic E-state index is 2.43. The Morgan fingerprint density at radius 3 is 1.75 bits per heavy atom. The zero-order valence-electron chi connectivity index (χ0n) is 11.7. The zero-order chi connectivity index (χ0) is 13.6. The fourth-order valence-electron chi connectivity index (χ4n) is 2.88. The summed E-state index contributed by atoms with van der Waals surface area (Å²) < 4.78 is 0. The van der Waals surface area contributed by atoms with Crippen LogP contribution in [0.1, 0.15) is 17.5 Å². The quantitative estimate of drug-likeness (QED) is 0.718. The smallest absolute Gasteiger partial charge is 0.0790 e. The molecule has 0 N–H and O–H groups in total. The number of hydrogen-bond donors (Lipinski definition) is 0. The van der Waals surface area contributed by atoms with Gasteiger partial charge in [0.25, 0.3) is 0 Å². The predicted molar refractivity (Wildman–Crippen MR) is 89.3 cm³/mol. The monoisotopic (exact) mass is 276 g/mol. The van der Waals surface area contributed by atoms with Gasteiger partial charge in [0.1, 0.15) is 0 Å². The minimum absolute atomic E-state index is 0.965. The van der Waals surface area contributed by atoms with Gasteiger partial charge in [-0.05, 0) is 18.5 Å². The zero-order valence-corrected chi connectivity index (χ0v) is 12.9. The summed E-state index contributed by atoms with van der Waals surface area (Å²) in [6.45, 7) is 0. The molecule has 0 radical (unpaired) electrons. The molecule has 0 heterocycles. The van der Waals surface area contributed by atoms with Crippen molar-refractivity contribution in [1.82, 2.24) is 0 Å². The molecular formula is C19H20Si. The van der Waals surface area contributed by atoms with E-state index in [0.29, 0.717) is 0 Å². The van der Waals surface area contributed by atoms with E-state index in [1.54, 1.807) is 5.20 Å². The topological polar surface area (TPSA) is 0 Å². The van der Waals surface area contributed by atoms with Crippen LogP contribution < -0.4 is 0 Å². The molecule has 1 heteroatoms. The van der Waals surface area contributed by atoms with E-state index >= 15 is 0 Å². The fraction of sp³-hybridized carbons (Fsp3) is 0.158. The third-order valence-electron chi connectivity index (χ3n) is 3.92. The molecular weight excluding hydrogens is 256 g/mol. The standard InChI is InChI=1S/C19H20Si/c1-3-9-17(10-4-1)15-20(19-13-7-8-14-19)16-18-11-5-2-6-12-18/h1-7,9-14,20H,8,15-16H2. The molecule has 2 aromatic rings. The van der Waals surface area contributed by atoms with E-state index in [2.05, 4.69) is 78.9 Å². The lowest BCUT2D eigenvalue weighted by Crippen LogP contribution is -2.23. The molecule has 0 saturated heterocycles. The number of allylic oxidation sites excluding steroid dienone is 4. The SMILES string of the molecule is C1=CC([SiH](Cc2ccccc2)Cc2ccccc2)=CC1. The van der Waals surface area contributed by atoms with E-state index in [4.69, 9.17) is 0 Å². The number of hydrogen-bond acceptors (Lipinski definition) is 0. The van der Waals surface area contributed by atoms with Crippen LogP contribution in [-0.2, 0) is 12.1 Å². The Balaban J connectivity index is 1.79. The first-order valence-corrected chi connectivity index (χ1v) is 9.57. The van der Waals surface area contributed by atoms with Gasteiger partial charge in [0, 0.05) is 0 Å². The molecule has 1 aliphatic rings.